The largest absolute Gasteiger partial charge is 0.307 e. The SMILES string of the molecule is C=C/C=C\C=C/Cc1cc2c([nH]c1=O)N(N(C)C)/C(=C\CC)N=C2. The number of hydrazine groups is 1. The summed E-state index contributed by atoms with van der Waals surface area (Å²) in [7, 11) is 3.85. The fourth-order valence-corrected chi connectivity index (χ4v) is 2.45. The molecule has 2 heterocycles. The molecule has 0 aromatic carbocycles. The molecule has 0 saturated carbocycles. The summed E-state index contributed by atoms with van der Waals surface area (Å²) in [6.07, 6.45) is 14.6. The molecule has 1 aliphatic rings. The van der Waals surface area contributed by atoms with Gasteiger partial charge in [0.15, 0.2) is 0 Å². The topological polar surface area (TPSA) is 51.7 Å². The maximum atomic E-state index is 12.4. The summed E-state index contributed by atoms with van der Waals surface area (Å²) in [5.41, 5.74) is 1.54. The Balaban J connectivity index is 2.36. The summed E-state index contributed by atoms with van der Waals surface area (Å²) in [5, 5.41) is 3.82. The Morgan fingerprint density at radius 2 is 2.12 bits per heavy atom. The van der Waals surface area contributed by atoms with Crippen LogP contribution in [-0.4, -0.2) is 30.3 Å². The predicted molar refractivity (Wildman–Crippen MR) is 101 cm³/mol. The lowest BCUT2D eigenvalue weighted by molar-refractivity contribution is 0.393. The van der Waals surface area contributed by atoms with Gasteiger partial charge in [0, 0.05) is 31.4 Å². The molecular weight excluding hydrogens is 300 g/mol. The van der Waals surface area contributed by atoms with Crippen molar-refractivity contribution in [3.05, 3.63) is 76.4 Å². The van der Waals surface area contributed by atoms with E-state index in [9.17, 15) is 4.79 Å². The number of hydrogen-bond acceptors (Lipinski definition) is 4. The van der Waals surface area contributed by atoms with E-state index in [1.807, 2.05) is 60.6 Å². The maximum absolute atomic E-state index is 12.4. The molecule has 2 rings (SSSR count). The fraction of sp³-hybridized carbons (Fsp3) is 0.263. The number of anilines is 1. The highest BCUT2D eigenvalue weighted by Crippen LogP contribution is 2.26. The zero-order chi connectivity index (χ0) is 17.5. The third kappa shape index (κ3) is 4.00. The second-order valence-corrected chi connectivity index (χ2v) is 5.57. The average molecular weight is 324 g/mol. The van der Waals surface area contributed by atoms with E-state index in [0.717, 1.165) is 23.6 Å². The van der Waals surface area contributed by atoms with E-state index in [-0.39, 0.29) is 5.56 Å². The highest BCUT2D eigenvalue weighted by Gasteiger charge is 2.22. The van der Waals surface area contributed by atoms with Gasteiger partial charge in [-0.2, -0.15) is 0 Å². The van der Waals surface area contributed by atoms with E-state index in [2.05, 4.69) is 23.5 Å². The smallest absolute Gasteiger partial charge is 0.253 e. The molecule has 0 amide bonds. The van der Waals surface area contributed by atoms with Gasteiger partial charge in [0.1, 0.15) is 11.6 Å². The first-order valence-electron chi connectivity index (χ1n) is 8.00. The summed E-state index contributed by atoms with van der Waals surface area (Å²) in [5.74, 6) is 1.56. The van der Waals surface area contributed by atoms with Crippen LogP contribution in [-0.2, 0) is 6.42 Å². The minimum atomic E-state index is -0.0795. The molecule has 0 atom stereocenters. The molecule has 1 aliphatic heterocycles. The van der Waals surface area contributed by atoms with E-state index < -0.39 is 0 Å². The Morgan fingerprint density at radius 1 is 1.33 bits per heavy atom. The number of hydrogen-bond donors (Lipinski definition) is 1. The van der Waals surface area contributed by atoms with Crippen molar-refractivity contribution in [3.8, 4) is 0 Å². The molecule has 5 heteroatoms. The van der Waals surface area contributed by atoms with E-state index >= 15 is 0 Å². The molecule has 0 radical (unpaired) electrons. The molecule has 126 valence electrons. The molecular formula is C19H24N4O. The number of pyridine rings is 1. The summed E-state index contributed by atoms with van der Waals surface area (Å²) in [6.45, 7) is 5.68. The minimum Gasteiger partial charge on any atom is -0.307 e. The van der Waals surface area contributed by atoms with Gasteiger partial charge >= 0.3 is 0 Å². The molecule has 0 bridgehead atoms. The number of aromatic nitrogens is 1. The van der Waals surface area contributed by atoms with Crippen LogP contribution in [0, 0.1) is 0 Å². The second kappa shape index (κ2) is 8.26. The van der Waals surface area contributed by atoms with Gasteiger partial charge in [-0.3, -0.25) is 4.79 Å². The number of aliphatic imine (C=N–C) groups is 1. The standard InChI is InChI=1S/C19H24N4O/c1-5-7-8-9-10-12-15-13-16-14-20-17(11-6-2)23(22(3)4)18(16)21-19(15)24/h5,7-11,13-14H,1,6,12H2,2-4H3,(H,21,24)/b8-7-,10-9-,17-11-. The van der Waals surface area contributed by atoms with Crippen LogP contribution in [0.5, 0.6) is 0 Å². The van der Waals surface area contributed by atoms with Crippen LogP contribution in [0.25, 0.3) is 0 Å². The Bertz CT molecular complexity index is 766. The molecule has 0 aliphatic carbocycles. The van der Waals surface area contributed by atoms with E-state index in [0.29, 0.717) is 12.0 Å². The zero-order valence-corrected chi connectivity index (χ0v) is 14.5. The molecule has 0 fully saturated rings. The number of nitrogens with zero attached hydrogens (tertiary/aromatic N) is 3. The number of nitrogens with one attached hydrogen (secondary N) is 1. The average Bonchev–Trinajstić information content (AvgIpc) is 2.55. The molecule has 24 heavy (non-hydrogen) atoms. The van der Waals surface area contributed by atoms with Gasteiger partial charge in [-0.1, -0.05) is 43.9 Å². The minimum absolute atomic E-state index is 0.0795. The van der Waals surface area contributed by atoms with Crippen LogP contribution < -0.4 is 10.6 Å². The summed E-state index contributed by atoms with van der Waals surface area (Å²) >= 11 is 0. The highest BCUT2D eigenvalue weighted by molar-refractivity contribution is 5.90. The van der Waals surface area contributed by atoms with Crippen molar-refractivity contribution in [3.63, 3.8) is 0 Å². The number of allylic oxidation sites excluding steroid dienone is 6. The molecule has 1 aromatic rings. The first-order valence-corrected chi connectivity index (χ1v) is 8.00. The Labute approximate surface area is 143 Å². The third-order valence-corrected chi connectivity index (χ3v) is 3.51. The second-order valence-electron chi connectivity index (χ2n) is 5.57. The quantitative estimate of drug-likeness (QED) is 0.818. The molecule has 0 unspecified atom stereocenters. The van der Waals surface area contributed by atoms with Crippen molar-refractivity contribution in [1.82, 2.24) is 9.99 Å². The van der Waals surface area contributed by atoms with Crippen LogP contribution in [0.3, 0.4) is 0 Å². The van der Waals surface area contributed by atoms with Crippen LogP contribution >= 0.6 is 0 Å². The fourth-order valence-electron chi connectivity index (χ4n) is 2.45. The van der Waals surface area contributed by atoms with E-state index in [1.165, 1.54) is 0 Å². The zero-order valence-electron chi connectivity index (χ0n) is 14.5. The van der Waals surface area contributed by atoms with Crippen molar-refractivity contribution in [2.24, 2.45) is 4.99 Å². The molecule has 1 aromatic heterocycles. The summed E-state index contributed by atoms with van der Waals surface area (Å²) in [6, 6.07) is 1.90. The van der Waals surface area contributed by atoms with Crippen molar-refractivity contribution < 1.29 is 0 Å². The Hall–Kier alpha value is -2.66. The summed E-state index contributed by atoms with van der Waals surface area (Å²) < 4.78 is 0. The lowest BCUT2D eigenvalue weighted by Gasteiger charge is -2.33. The first kappa shape index (κ1) is 17.7. The highest BCUT2D eigenvalue weighted by atomic mass is 16.1. The van der Waals surface area contributed by atoms with Crippen molar-refractivity contribution in [2.45, 2.75) is 19.8 Å². The molecule has 0 spiro atoms. The molecule has 1 N–H and O–H groups in total. The van der Waals surface area contributed by atoms with Gasteiger partial charge in [-0.15, -0.1) is 0 Å². The lowest BCUT2D eigenvalue weighted by Crippen LogP contribution is -2.40. The van der Waals surface area contributed by atoms with Gasteiger partial charge in [0.05, 0.1) is 0 Å². The third-order valence-electron chi connectivity index (χ3n) is 3.51. The van der Waals surface area contributed by atoms with Crippen molar-refractivity contribution in [1.29, 1.82) is 0 Å². The monoisotopic (exact) mass is 324 g/mol. The van der Waals surface area contributed by atoms with E-state index in [1.54, 1.807) is 12.3 Å². The van der Waals surface area contributed by atoms with Crippen LogP contribution in [0.2, 0.25) is 0 Å². The number of rotatable bonds is 6. The Morgan fingerprint density at radius 3 is 2.79 bits per heavy atom. The lowest BCUT2D eigenvalue weighted by atomic mass is 10.1. The maximum Gasteiger partial charge on any atom is 0.253 e. The van der Waals surface area contributed by atoms with Crippen molar-refractivity contribution >= 4 is 12.0 Å². The van der Waals surface area contributed by atoms with Crippen LogP contribution in [0.1, 0.15) is 24.5 Å². The van der Waals surface area contributed by atoms with Crippen molar-refractivity contribution in [2.75, 3.05) is 19.1 Å². The van der Waals surface area contributed by atoms with Crippen LogP contribution in [0.15, 0.2) is 64.7 Å². The normalized spacial score (nSPS) is 15.8. The van der Waals surface area contributed by atoms with Gasteiger partial charge in [0.25, 0.3) is 5.56 Å². The Kier molecular flexibility index (Phi) is 6.09. The van der Waals surface area contributed by atoms with Gasteiger partial charge < -0.3 is 4.98 Å². The van der Waals surface area contributed by atoms with Gasteiger partial charge in [0.2, 0.25) is 0 Å². The number of H-pyrrole nitrogens is 1. The molecule has 5 nitrogen and oxygen atoms in total. The van der Waals surface area contributed by atoms with Crippen LogP contribution in [0.4, 0.5) is 5.82 Å². The van der Waals surface area contributed by atoms with E-state index in [4.69, 9.17) is 0 Å². The number of aromatic amines is 1. The van der Waals surface area contributed by atoms with Gasteiger partial charge in [-0.25, -0.2) is 15.0 Å². The summed E-state index contributed by atoms with van der Waals surface area (Å²) in [4.78, 5) is 19.9. The molecule has 0 saturated heterocycles. The van der Waals surface area contributed by atoms with Gasteiger partial charge in [-0.05, 0) is 25.0 Å². The predicted octanol–water partition coefficient (Wildman–Crippen LogP) is 3.18. The number of fused-ring (bicyclic) bond motifs is 1. The first-order chi connectivity index (χ1) is 11.6.